The quantitative estimate of drug-likeness (QED) is 0.904. The summed E-state index contributed by atoms with van der Waals surface area (Å²) in [5.41, 5.74) is 0.0726. The van der Waals surface area contributed by atoms with Crippen molar-refractivity contribution in [2.24, 2.45) is 11.8 Å². The van der Waals surface area contributed by atoms with Gasteiger partial charge in [-0.25, -0.2) is 8.78 Å². The first-order valence-electron chi connectivity index (χ1n) is 5.82. The summed E-state index contributed by atoms with van der Waals surface area (Å²) in [4.78, 5) is 23.8. The van der Waals surface area contributed by atoms with Crippen LogP contribution in [0.1, 0.15) is 12.0 Å². The summed E-state index contributed by atoms with van der Waals surface area (Å²) in [6.45, 7) is -0.0781. The van der Waals surface area contributed by atoms with E-state index in [1.54, 1.807) is 0 Å². The second-order valence-corrected chi connectivity index (χ2v) is 4.72. The van der Waals surface area contributed by atoms with E-state index in [-0.39, 0.29) is 18.0 Å². The lowest BCUT2D eigenvalue weighted by atomic mass is 10.2. The maximum atomic E-state index is 13.4. The van der Waals surface area contributed by atoms with Gasteiger partial charge in [-0.05, 0) is 24.6 Å². The highest BCUT2D eigenvalue weighted by Gasteiger charge is 2.49. The van der Waals surface area contributed by atoms with Crippen LogP contribution in [0.15, 0.2) is 18.2 Å². The highest BCUT2D eigenvalue weighted by atomic mass is 19.1. The largest absolute Gasteiger partial charge is 0.481 e. The molecule has 0 radical (unpaired) electrons. The van der Waals surface area contributed by atoms with Crippen LogP contribution < -0.4 is 0 Å². The Labute approximate surface area is 108 Å². The van der Waals surface area contributed by atoms with Crippen molar-refractivity contribution in [2.45, 2.75) is 13.0 Å². The van der Waals surface area contributed by atoms with Crippen molar-refractivity contribution < 1.29 is 23.5 Å². The van der Waals surface area contributed by atoms with Crippen molar-refractivity contribution in [1.29, 1.82) is 0 Å². The molecule has 0 spiro atoms. The molecular weight excluding hydrogens is 256 g/mol. The number of rotatable bonds is 4. The van der Waals surface area contributed by atoms with Gasteiger partial charge < -0.3 is 10.0 Å². The average Bonchev–Trinajstić information content (AvgIpc) is 3.13. The molecule has 2 unspecified atom stereocenters. The fraction of sp³-hybridized carbons (Fsp3) is 0.385. The van der Waals surface area contributed by atoms with E-state index >= 15 is 0 Å². The highest BCUT2D eigenvalue weighted by molar-refractivity contribution is 5.89. The Hall–Kier alpha value is -1.98. The van der Waals surface area contributed by atoms with Gasteiger partial charge in [0, 0.05) is 19.2 Å². The van der Waals surface area contributed by atoms with Crippen molar-refractivity contribution in [3.8, 4) is 0 Å². The molecule has 1 aliphatic carbocycles. The van der Waals surface area contributed by atoms with E-state index < -0.39 is 29.4 Å². The minimum atomic E-state index is -0.997. The van der Waals surface area contributed by atoms with Gasteiger partial charge in [0.25, 0.3) is 0 Å². The smallest absolute Gasteiger partial charge is 0.307 e. The highest BCUT2D eigenvalue weighted by Crippen LogP contribution is 2.40. The molecule has 1 aromatic rings. The topological polar surface area (TPSA) is 57.6 Å². The maximum absolute atomic E-state index is 13.4. The number of benzene rings is 1. The molecule has 1 N–H and O–H groups in total. The van der Waals surface area contributed by atoms with Crippen LogP contribution in [0.5, 0.6) is 0 Å². The lowest BCUT2D eigenvalue weighted by molar-refractivity contribution is -0.141. The molecule has 1 aliphatic rings. The lowest BCUT2D eigenvalue weighted by Crippen LogP contribution is -2.29. The molecule has 1 amide bonds. The molecule has 1 aromatic carbocycles. The normalized spacial score (nSPS) is 21.0. The SMILES string of the molecule is CN(Cc1cc(F)ccc1F)C(=O)C1CC1C(=O)O. The molecule has 0 heterocycles. The Morgan fingerprint density at radius 2 is 2.05 bits per heavy atom. The van der Waals surface area contributed by atoms with Gasteiger partial charge in [0.15, 0.2) is 0 Å². The van der Waals surface area contributed by atoms with Crippen LogP contribution in [0.3, 0.4) is 0 Å². The molecule has 102 valence electrons. The van der Waals surface area contributed by atoms with E-state index in [0.717, 1.165) is 18.2 Å². The van der Waals surface area contributed by atoms with E-state index in [0.29, 0.717) is 6.42 Å². The van der Waals surface area contributed by atoms with Gasteiger partial charge in [0.1, 0.15) is 11.6 Å². The fourth-order valence-corrected chi connectivity index (χ4v) is 2.02. The number of carbonyl (C=O) groups is 2. The molecule has 6 heteroatoms. The Balaban J connectivity index is 2.01. The molecule has 4 nitrogen and oxygen atoms in total. The van der Waals surface area contributed by atoms with E-state index in [9.17, 15) is 18.4 Å². The summed E-state index contributed by atoms with van der Waals surface area (Å²) in [5, 5.41) is 8.74. The van der Waals surface area contributed by atoms with E-state index in [1.165, 1.54) is 11.9 Å². The van der Waals surface area contributed by atoms with Gasteiger partial charge in [-0.15, -0.1) is 0 Å². The monoisotopic (exact) mass is 269 g/mol. The zero-order valence-electron chi connectivity index (χ0n) is 10.3. The Morgan fingerprint density at radius 3 is 2.63 bits per heavy atom. The molecule has 19 heavy (non-hydrogen) atoms. The predicted molar refractivity (Wildman–Crippen MR) is 62.1 cm³/mol. The van der Waals surface area contributed by atoms with Gasteiger partial charge in [0.05, 0.1) is 11.8 Å². The molecule has 0 bridgehead atoms. The zero-order chi connectivity index (χ0) is 14.2. The number of carbonyl (C=O) groups excluding carboxylic acids is 1. The van der Waals surface area contributed by atoms with Gasteiger partial charge in [-0.1, -0.05) is 0 Å². The van der Waals surface area contributed by atoms with Crippen LogP contribution in [0.25, 0.3) is 0 Å². The predicted octanol–water partition coefficient (Wildman–Crippen LogP) is 1.64. The van der Waals surface area contributed by atoms with Crippen molar-refractivity contribution in [1.82, 2.24) is 4.90 Å². The number of carboxylic acid groups (broad SMARTS) is 1. The third-order valence-corrected chi connectivity index (χ3v) is 3.22. The minimum absolute atomic E-state index is 0.0726. The zero-order valence-corrected chi connectivity index (χ0v) is 10.3. The Bertz CT molecular complexity index is 533. The van der Waals surface area contributed by atoms with E-state index in [1.807, 2.05) is 0 Å². The van der Waals surface area contributed by atoms with Crippen molar-refractivity contribution in [2.75, 3.05) is 7.05 Å². The van der Waals surface area contributed by atoms with Gasteiger partial charge in [0.2, 0.25) is 5.91 Å². The molecule has 1 fully saturated rings. The molecule has 0 aliphatic heterocycles. The molecule has 1 saturated carbocycles. The van der Waals surface area contributed by atoms with Gasteiger partial charge in [-0.2, -0.15) is 0 Å². The summed E-state index contributed by atoms with van der Waals surface area (Å²) < 4.78 is 26.4. The Kier molecular flexibility index (Phi) is 3.50. The van der Waals surface area contributed by atoms with Crippen LogP contribution in [0.4, 0.5) is 8.78 Å². The first kappa shape index (κ1) is 13.5. The summed E-state index contributed by atoms with van der Waals surface area (Å²) in [7, 11) is 1.45. The number of hydrogen-bond donors (Lipinski definition) is 1. The molecule has 2 atom stereocenters. The standard InChI is InChI=1S/C13H13F2NO3/c1-16(12(17)9-5-10(9)13(18)19)6-7-4-8(14)2-3-11(7)15/h2-4,9-10H,5-6H2,1H3,(H,18,19). The Morgan fingerprint density at radius 1 is 1.37 bits per heavy atom. The second kappa shape index (κ2) is 4.95. The fourth-order valence-electron chi connectivity index (χ4n) is 2.02. The lowest BCUT2D eigenvalue weighted by Gasteiger charge is -2.17. The van der Waals surface area contributed by atoms with Crippen LogP contribution in [-0.2, 0) is 16.1 Å². The third kappa shape index (κ3) is 2.89. The van der Waals surface area contributed by atoms with E-state index in [4.69, 9.17) is 5.11 Å². The number of aliphatic carboxylic acids is 1. The summed E-state index contributed by atoms with van der Waals surface area (Å²) in [6.07, 6.45) is 0.310. The van der Waals surface area contributed by atoms with Crippen LogP contribution in [0, 0.1) is 23.5 Å². The number of halogens is 2. The first-order chi connectivity index (χ1) is 8.90. The average molecular weight is 269 g/mol. The van der Waals surface area contributed by atoms with Gasteiger partial charge in [-0.3, -0.25) is 9.59 Å². The van der Waals surface area contributed by atoms with Crippen molar-refractivity contribution >= 4 is 11.9 Å². The van der Waals surface area contributed by atoms with Crippen LogP contribution >= 0.6 is 0 Å². The van der Waals surface area contributed by atoms with Crippen LogP contribution in [0.2, 0.25) is 0 Å². The molecule has 2 rings (SSSR count). The maximum Gasteiger partial charge on any atom is 0.307 e. The first-order valence-corrected chi connectivity index (χ1v) is 5.82. The summed E-state index contributed by atoms with van der Waals surface area (Å²) in [6, 6.07) is 3.03. The molecular formula is C13H13F2NO3. The minimum Gasteiger partial charge on any atom is -0.481 e. The van der Waals surface area contributed by atoms with E-state index in [2.05, 4.69) is 0 Å². The number of hydrogen-bond acceptors (Lipinski definition) is 2. The van der Waals surface area contributed by atoms with Gasteiger partial charge >= 0.3 is 5.97 Å². The number of amides is 1. The number of nitrogens with zero attached hydrogens (tertiary/aromatic N) is 1. The third-order valence-electron chi connectivity index (χ3n) is 3.22. The van der Waals surface area contributed by atoms with Crippen molar-refractivity contribution in [3.63, 3.8) is 0 Å². The molecule has 0 saturated heterocycles. The summed E-state index contributed by atoms with van der Waals surface area (Å²) in [5.74, 6) is -3.70. The second-order valence-electron chi connectivity index (χ2n) is 4.72. The molecule has 0 aromatic heterocycles. The van der Waals surface area contributed by atoms with Crippen LogP contribution in [-0.4, -0.2) is 28.9 Å². The van der Waals surface area contributed by atoms with Crippen molar-refractivity contribution in [3.05, 3.63) is 35.4 Å². The number of carboxylic acids is 1. The summed E-state index contributed by atoms with van der Waals surface area (Å²) >= 11 is 0.